The van der Waals surface area contributed by atoms with Crippen LogP contribution in [0, 0.1) is 5.92 Å². The summed E-state index contributed by atoms with van der Waals surface area (Å²) < 4.78 is 5.22. The second kappa shape index (κ2) is 7.68. The molecular formula is C19H29N3O4. The highest BCUT2D eigenvalue weighted by atomic mass is 16.5. The van der Waals surface area contributed by atoms with Gasteiger partial charge in [-0.05, 0) is 45.4 Å². The molecule has 1 saturated carbocycles. The SMILES string of the molecule is CCOC(=O)[C@@]12C[C@H]1/C=C\CCCCN(C)C(=O)N1CCC[C@H]1C(=O)N2. The molecule has 1 aliphatic carbocycles. The molecule has 2 heterocycles. The van der Waals surface area contributed by atoms with E-state index in [-0.39, 0.29) is 30.4 Å². The van der Waals surface area contributed by atoms with Crippen molar-refractivity contribution in [2.75, 3.05) is 26.7 Å². The molecule has 144 valence electrons. The normalized spacial score (nSPS) is 33.6. The number of ether oxygens (including phenoxy) is 1. The zero-order chi connectivity index (χ0) is 18.7. The van der Waals surface area contributed by atoms with Crippen molar-refractivity contribution in [3.63, 3.8) is 0 Å². The first kappa shape index (κ1) is 18.7. The lowest BCUT2D eigenvalue weighted by atomic mass is 10.1. The van der Waals surface area contributed by atoms with Gasteiger partial charge < -0.3 is 19.9 Å². The van der Waals surface area contributed by atoms with Gasteiger partial charge in [-0.15, -0.1) is 0 Å². The number of fused-ring (bicyclic) bond motifs is 2. The quantitative estimate of drug-likeness (QED) is 0.598. The fraction of sp³-hybridized carbons (Fsp3) is 0.737. The minimum absolute atomic E-state index is 0.0262. The van der Waals surface area contributed by atoms with Gasteiger partial charge in [-0.3, -0.25) is 4.79 Å². The Kier molecular flexibility index (Phi) is 5.53. The Morgan fingerprint density at radius 2 is 2.12 bits per heavy atom. The van der Waals surface area contributed by atoms with Crippen LogP contribution in [0.5, 0.6) is 0 Å². The standard InChI is InChI=1S/C19H29N3O4/c1-3-26-17(24)19-13-14(19)9-6-4-5-7-11-21(2)18(25)22-12-8-10-15(22)16(23)20-19/h6,9,14-15H,3-5,7-8,10-13H2,1-2H3,(H,20,23)/b9-6-/t14-,15+,19-/m1/s1. The van der Waals surface area contributed by atoms with E-state index in [1.807, 2.05) is 6.08 Å². The van der Waals surface area contributed by atoms with Gasteiger partial charge in [-0.2, -0.15) is 0 Å². The van der Waals surface area contributed by atoms with Gasteiger partial charge in [0.1, 0.15) is 11.6 Å². The van der Waals surface area contributed by atoms with Crippen LogP contribution in [-0.2, 0) is 14.3 Å². The topological polar surface area (TPSA) is 79.0 Å². The highest BCUT2D eigenvalue weighted by Gasteiger charge is 2.62. The monoisotopic (exact) mass is 363 g/mol. The first-order valence-corrected chi connectivity index (χ1v) is 9.67. The summed E-state index contributed by atoms with van der Waals surface area (Å²) >= 11 is 0. The second-order valence-corrected chi connectivity index (χ2v) is 7.47. The van der Waals surface area contributed by atoms with Crippen LogP contribution in [0.25, 0.3) is 0 Å². The number of esters is 1. The van der Waals surface area contributed by atoms with Crippen molar-refractivity contribution in [3.05, 3.63) is 12.2 Å². The van der Waals surface area contributed by atoms with Gasteiger partial charge in [0.15, 0.2) is 0 Å². The van der Waals surface area contributed by atoms with E-state index in [0.717, 1.165) is 25.7 Å². The minimum atomic E-state index is -0.961. The summed E-state index contributed by atoms with van der Waals surface area (Å²) in [5.74, 6) is -0.644. The Balaban J connectivity index is 1.83. The summed E-state index contributed by atoms with van der Waals surface area (Å²) in [6, 6.07) is -0.614. The van der Waals surface area contributed by atoms with Crippen molar-refractivity contribution < 1.29 is 19.1 Å². The number of rotatable bonds is 2. The number of urea groups is 1. The summed E-state index contributed by atoms with van der Waals surface area (Å²) in [7, 11) is 1.79. The predicted octanol–water partition coefficient (Wildman–Crippen LogP) is 1.68. The maximum Gasteiger partial charge on any atom is 0.332 e. The van der Waals surface area contributed by atoms with Gasteiger partial charge in [0, 0.05) is 26.1 Å². The van der Waals surface area contributed by atoms with Crippen molar-refractivity contribution >= 4 is 17.9 Å². The number of nitrogens with zero attached hydrogens (tertiary/aromatic N) is 2. The van der Waals surface area contributed by atoms with Crippen LogP contribution >= 0.6 is 0 Å². The summed E-state index contributed by atoms with van der Waals surface area (Å²) in [4.78, 5) is 41.5. The van der Waals surface area contributed by atoms with E-state index in [1.165, 1.54) is 0 Å². The fourth-order valence-electron chi connectivity index (χ4n) is 3.97. The highest BCUT2D eigenvalue weighted by molar-refractivity contribution is 5.95. The van der Waals surface area contributed by atoms with Gasteiger partial charge in [0.25, 0.3) is 0 Å². The van der Waals surface area contributed by atoms with Crippen molar-refractivity contribution in [3.8, 4) is 0 Å². The fourth-order valence-corrected chi connectivity index (χ4v) is 3.97. The third-order valence-corrected chi connectivity index (χ3v) is 5.61. The summed E-state index contributed by atoms with van der Waals surface area (Å²) in [6.45, 7) is 3.32. The van der Waals surface area contributed by atoms with Crippen molar-refractivity contribution in [1.82, 2.24) is 15.1 Å². The van der Waals surface area contributed by atoms with E-state index in [2.05, 4.69) is 11.4 Å². The molecule has 1 N–H and O–H groups in total. The Morgan fingerprint density at radius 1 is 1.31 bits per heavy atom. The molecule has 7 heteroatoms. The Labute approximate surface area is 154 Å². The van der Waals surface area contributed by atoms with E-state index in [0.29, 0.717) is 25.9 Å². The van der Waals surface area contributed by atoms with Crippen LogP contribution in [0.2, 0.25) is 0 Å². The van der Waals surface area contributed by atoms with Crippen LogP contribution in [0.4, 0.5) is 4.79 Å². The lowest BCUT2D eigenvalue weighted by molar-refractivity contribution is -0.149. The molecule has 0 unspecified atom stereocenters. The van der Waals surface area contributed by atoms with Gasteiger partial charge in [-0.1, -0.05) is 12.2 Å². The smallest absolute Gasteiger partial charge is 0.332 e. The van der Waals surface area contributed by atoms with E-state index in [4.69, 9.17) is 4.74 Å². The number of allylic oxidation sites excluding steroid dienone is 1. The summed E-state index contributed by atoms with van der Waals surface area (Å²) in [5.41, 5.74) is -0.961. The van der Waals surface area contributed by atoms with Crippen LogP contribution in [0.3, 0.4) is 0 Å². The number of hydrogen-bond acceptors (Lipinski definition) is 4. The summed E-state index contributed by atoms with van der Waals surface area (Å²) in [5, 5.41) is 2.94. The van der Waals surface area contributed by atoms with Crippen LogP contribution in [0.1, 0.15) is 45.4 Å². The third-order valence-electron chi connectivity index (χ3n) is 5.61. The molecule has 0 aromatic heterocycles. The molecule has 0 aromatic carbocycles. The molecule has 0 radical (unpaired) electrons. The molecule has 26 heavy (non-hydrogen) atoms. The van der Waals surface area contributed by atoms with Crippen LogP contribution in [-0.4, -0.2) is 66.0 Å². The molecule has 3 aliphatic rings. The van der Waals surface area contributed by atoms with Crippen molar-refractivity contribution in [2.24, 2.45) is 5.92 Å². The van der Waals surface area contributed by atoms with Crippen molar-refractivity contribution in [2.45, 2.75) is 57.0 Å². The average Bonchev–Trinajstić information content (AvgIpc) is 3.09. The van der Waals surface area contributed by atoms with Gasteiger partial charge in [-0.25, -0.2) is 9.59 Å². The Bertz CT molecular complexity index is 606. The maximum atomic E-state index is 12.9. The first-order valence-electron chi connectivity index (χ1n) is 9.67. The zero-order valence-corrected chi connectivity index (χ0v) is 15.7. The molecule has 1 saturated heterocycles. The number of hydrogen-bond donors (Lipinski definition) is 1. The number of amides is 3. The molecule has 2 aliphatic heterocycles. The predicted molar refractivity (Wildman–Crippen MR) is 96.4 cm³/mol. The number of nitrogens with one attached hydrogen (secondary N) is 1. The molecule has 0 spiro atoms. The molecule has 0 bridgehead atoms. The zero-order valence-electron chi connectivity index (χ0n) is 15.7. The molecular weight excluding hydrogens is 334 g/mol. The number of carbonyl (C=O) groups is 3. The van der Waals surface area contributed by atoms with Crippen LogP contribution < -0.4 is 5.32 Å². The summed E-state index contributed by atoms with van der Waals surface area (Å²) in [6.07, 6.45) is 8.91. The maximum absolute atomic E-state index is 12.9. The molecule has 3 rings (SSSR count). The third kappa shape index (κ3) is 3.57. The minimum Gasteiger partial charge on any atom is -0.464 e. The molecule has 7 nitrogen and oxygen atoms in total. The molecule has 2 fully saturated rings. The highest BCUT2D eigenvalue weighted by Crippen LogP contribution is 2.46. The van der Waals surface area contributed by atoms with Crippen LogP contribution in [0.15, 0.2) is 12.2 Å². The lowest BCUT2D eigenvalue weighted by Gasteiger charge is -2.30. The van der Waals surface area contributed by atoms with E-state index >= 15 is 0 Å². The van der Waals surface area contributed by atoms with Gasteiger partial charge in [0.2, 0.25) is 5.91 Å². The molecule has 0 aromatic rings. The first-order chi connectivity index (χ1) is 12.5. The Hall–Kier alpha value is -2.05. The van der Waals surface area contributed by atoms with Gasteiger partial charge >= 0.3 is 12.0 Å². The van der Waals surface area contributed by atoms with Crippen molar-refractivity contribution in [1.29, 1.82) is 0 Å². The van der Waals surface area contributed by atoms with E-state index in [1.54, 1.807) is 23.8 Å². The number of carbonyl (C=O) groups excluding carboxylic acids is 3. The largest absolute Gasteiger partial charge is 0.464 e. The van der Waals surface area contributed by atoms with Gasteiger partial charge in [0.05, 0.1) is 6.61 Å². The average molecular weight is 363 g/mol. The lowest BCUT2D eigenvalue weighted by Crippen LogP contribution is -2.55. The molecule has 3 atom stereocenters. The van der Waals surface area contributed by atoms with E-state index < -0.39 is 11.6 Å². The second-order valence-electron chi connectivity index (χ2n) is 7.47. The Morgan fingerprint density at radius 3 is 2.88 bits per heavy atom. The van der Waals surface area contributed by atoms with E-state index in [9.17, 15) is 14.4 Å². The molecule has 3 amide bonds.